The average Bonchev–Trinajstić information content (AvgIpc) is 3.31. The number of nitrogens with zero attached hydrogens (tertiary/aromatic N) is 2. The van der Waals surface area contributed by atoms with Crippen molar-refractivity contribution in [3.63, 3.8) is 0 Å². The summed E-state index contributed by atoms with van der Waals surface area (Å²) in [6, 6.07) is 3.70. The molecule has 1 aromatic heterocycles. The van der Waals surface area contributed by atoms with Gasteiger partial charge in [0.25, 0.3) is 0 Å². The number of likely N-dealkylation sites (tertiary alicyclic amines) is 1. The first-order valence-electron chi connectivity index (χ1n) is 12.0. The summed E-state index contributed by atoms with van der Waals surface area (Å²) >= 11 is 1.64. The number of phenols is 1. The first-order chi connectivity index (χ1) is 15.3. The van der Waals surface area contributed by atoms with Gasteiger partial charge >= 0.3 is 0 Å². The highest BCUT2D eigenvalue weighted by Crippen LogP contribution is 2.40. The van der Waals surface area contributed by atoms with Gasteiger partial charge in [0.05, 0.1) is 11.6 Å². The van der Waals surface area contributed by atoms with E-state index >= 15 is 0 Å². The Morgan fingerprint density at radius 2 is 1.76 bits per heavy atom. The molecule has 34 heavy (non-hydrogen) atoms. The predicted octanol–water partition coefficient (Wildman–Crippen LogP) is 6.77. The number of carbonyl (C=O) groups is 1. The molecule has 5 nitrogen and oxygen atoms in total. The molecule has 1 saturated heterocycles. The second-order valence-corrected chi connectivity index (χ2v) is 12.4. The van der Waals surface area contributed by atoms with Crippen molar-refractivity contribution in [2.45, 2.75) is 78.6 Å². The van der Waals surface area contributed by atoms with E-state index in [4.69, 9.17) is 5.41 Å². The van der Waals surface area contributed by atoms with Crippen LogP contribution < -0.4 is 0 Å². The van der Waals surface area contributed by atoms with Crippen LogP contribution in [0.25, 0.3) is 0 Å². The van der Waals surface area contributed by atoms with Crippen molar-refractivity contribution < 1.29 is 9.90 Å². The zero-order valence-electron chi connectivity index (χ0n) is 21.6. The van der Waals surface area contributed by atoms with Crippen LogP contribution in [0.5, 0.6) is 5.75 Å². The van der Waals surface area contributed by atoms with E-state index < -0.39 is 0 Å². The molecule has 2 aromatic rings. The Bertz CT molecular complexity index is 971. The summed E-state index contributed by atoms with van der Waals surface area (Å²) in [6.07, 6.45) is 4.70. The molecule has 7 heteroatoms. The maximum absolute atomic E-state index is 13.5. The SMILES string of the molecule is Br.CCCC1CN(CC(=O)c2cc(C(C)(C)C)c(O)c(C(C)(C)C)c2)C(=N)C1Cc1nccs1. The van der Waals surface area contributed by atoms with E-state index in [2.05, 4.69) is 53.5 Å². The van der Waals surface area contributed by atoms with Crippen LogP contribution in [0.2, 0.25) is 0 Å². The van der Waals surface area contributed by atoms with Gasteiger partial charge in [-0.05, 0) is 35.3 Å². The summed E-state index contributed by atoms with van der Waals surface area (Å²) in [5.41, 5.74) is 1.63. The quantitative estimate of drug-likeness (QED) is 0.373. The second kappa shape index (κ2) is 10.9. The van der Waals surface area contributed by atoms with Crippen LogP contribution in [0, 0.1) is 17.2 Å². The van der Waals surface area contributed by atoms with Crippen molar-refractivity contribution in [1.29, 1.82) is 5.41 Å². The summed E-state index contributed by atoms with van der Waals surface area (Å²) in [5.74, 6) is 1.32. The molecule has 0 saturated carbocycles. The van der Waals surface area contributed by atoms with Crippen molar-refractivity contribution in [2.24, 2.45) is 11.8 Å². The van der Waals surface area contributed by atoms with Crippen molar-refractivity contribution in [2.75, 3.05) is 13.1 Å². The fourth-order valence-electron chi connectivity index (χ4n) is 4.79. The molecule has 0 aliphatic carbocycles. The third-order valence-corrected chi connectivity index (χ3v) is 7.44. The van der Waals surface area contributed by atoms with Crippen LogP contribution in [-0.4, -0.2) is 39.7 Å². The number of benzene rings is 1. The fourth-order valence-corrected chi connectivity index (χ4v) is 5.46. The summed E-state index contributed by atoms with van der Waals surface area (Å²) in [7, 11) is 0. The minimum atomic E-state index is -0.286. The molecule has 0 radical (unpaired) electrons. The maximum atomic E-state index is 13.5. The zero-order chi connectivity index (χ0) is 24.6. The summed E-state index contributed by atoms with van der Waals surface area (Å²) in [5, 5.41) is 22.9. The number of halogens is 1. The highest BCUT2D eigenvalue weighted by atomic mass is 79.9. The summed E-state index contributed by atoms with van der Waals surface area (Å²) < 4.78 is 0. The van der Waals surface area contributed by atoms with Gasteiger partial charge in [0.15, 0.2) is 5.78 Å². The molecule has 2 N–H and O–H groups in total. The molecular formula is C27H40BrN3O2S. The van der Waals surface area contributed by atoms with Crippen molar-refractivity contribution in [3.05, 3.63) is 45.4 Å². The molecule has 0 bridgehead atoms. The van der Waals surface area contributed by atoms with Crippen LogP contribution in [0.1, 0.15) is 87.8 Å². The Morgan fingerprint density at radius 3 is 2.24 bits per heavy atom. The van der Waals surface area contributed by atoms with Crippen LogP contribution in [-0.2, 0) is 17.3 Å². The third kappa shape index (κ3) is 6.28. The number of carbonyl (C=O) groups excluding carboxylic acids is 1. The van der Waals surface area contributed by atoms with E-state index in [0.29, 0.717) is 17.3 Å². The second-order valence-electron chi connectivity index (χ2n) is 11.4. The average molecular weight is 551 g/mol. The van der Waals surface area contributed by atoms with Gasteiger partial charge < -0.3 is 10.0 Å². The van der Waals surface area contributed by atoms with Gasteiger partial charge in [0, 0.05) is 47.2 Å². The van der Waals surface area contributed by atoms with E-state index in [1.165, 1.54) is 0 Å². The molecule has 3 rings (SSSR count). The van der Waals surface area contributed by atoms with Gasteiger partial charge in [0.2, 0.25) is 0 Å². The molecule has 2 unspecified atom stereocenters. The Labute approximate surface area is 219 Å². The van der Waals surface area contributed by atoms with Crippen LogP contribution in [0.3, 0.4) is 0 Å². The molecule has 1 aliphatic rings. The van der Waals surface area contributed by atoms with Gasteiger partial charge in [-0.15, -0.1) is 28.3 Å². The van der Waals surface area contributed by atoms with Crippen LogP contribution in [0.4, 0.5) is 0 Å². The Kier molecular flexibility index (Phi) is 9.14. The highest BCUT2D eigenvalue weighted by Gasteiger charge is 2.38. The standard InChI is InChI=1S/C27H39N3O2S.BrH/c1-8-9-17-15-30(25(28)19(17)14-23-29-10-11-33-23)16-22(31)18-12-20(26(2,3)4)24(32)21(13-18)27(5,6)7;/h10-13,17,19,28,32H,8-9,14-16H2,1-7H3;1H. The number of aromatic nitrogens is 1. The smallest absolute Gasteiger partial charge is 0.182 e. The lowest BCUT2D eigenvalue weighted by molar-refractivity contribution is 0.0963. The molecule has 0 spiro atoms. The first kappa shape index (κ1) is 28.5. The van der Waals surface area contributed by atoms with E-state index in [0.717, 1.165) is 41.9 Å². The molecule has 2 atom stereocenters. The molecule has 188 valence electrons. The molecule has 1 aromatic carbocycles. The van der Waals surface area contributed by atoms with Gasteiger partial charge in [-0.2, -0.15) is 0 Å². The lowest BCUT2D eigenvalue weighted by atomic mass is 9.78. The predicted molar refractivity (Wildman–Crippen MR) is 147 cm³/mol. The van der Waals surface area contributed by atoms with Gasteiger partial charge in [0.1, 0.15) is 11.6 Å². The van der Waals surface area contributed by atoms with Crippen LogP contribution in [0.15, 0.2) is 23.7 Å². The number of hydrogen-bond acceptors (Lipinski definition) is 5. The molecule has 2 heterocycles. The van der Waals surface area contributed by atoms with Crippen molar-refractivity contribution in [3.8, 4) is 5.75 Å². The lowest BCUT2D eigenvalue weighted by Crippen LogP contribution is -2.33. The number of aromatic hydroxyl groups is 1. The van der Waals surface area contributed by atoms with Gasteiger partial charge in [-0.25, -0.2) is 4.98 Å². The third-order valence-electron chi connectivity index (χ3n) is 6.64. The van der Waals surface area contributed by atoms with Gasteiger partial charge in [-0.1, -0.05) is 54.9 Å². The monoisotopic (exact) mass is 549 g/mol. The lowest BCUT2D eigenvalue weighted by Gasteiger charge is -2.28. The van der Waals surface area contributed by atoms with Crippen molar-refractivity contribution >= 4 is 39.9 Å². The normalized spacial score (nSPS) is 18.8. The largest absolute Gasteiger partial charge is 0.507 e. The Morgan fingerprint density at radius 1 is 1.18 bits per heavy atom. The number of thiazole rings is 1. The molecule has 1 fully saturated rings. The molecular weight excluding hydrogens is 510 g/mol. The van der Waals surface area contributed by atoms with Crippen LogP contribution >= 0.6 is 28.3 Å². The topological polar surface area (TPSA) is 77.3 Å². The minimum absolute atomic E-state index is 0. The highest BCUT2D eigenvalue weighted by molar-refractivity contribution is 8.93. The van der Waals surface area contributed by atoms with E-state index in [9.17, 15) is 9.90 Å². The molecule has 1 aliphatic heterocycles. The van der Waals surface area contributed by atoms with E-state index in [1.54, 1.807) is 11.3 Å². The van der Waals surface area contributed by atoms with Gasteiger partial charge in [-0.3, -0.25) is 10.2 Å². The summed E-state index contributed by atoms with van der Waals surface area (Å²) in [4.78, 5) is 19.9. The Hall–Kier alpha value is -1.73. The maximum Gasteiger partial charge on any atom is 0.182 e. The van der Waals surface area contributed by atoms with E-state index in [-0.39, 0.29) is 51.8 Å². The van der Waals surface area contributed by atoms with E-state index in [1.807, 2.05) is 28.6 Å². The number of Topliss-reactive ketones (excluding diaryl/α,β-unsaturated/α-hetero) is 1. The number of ketones is 1. The number of phenolic OH excluding ortho intramolecular Hbond substituents is 1. The zero-order valence-corrected chi connectivity index (χ0v) is 24.1. The van der Waals surface area contributed by atoms with Crippen molar-refractivity contribution in [1.82, 2.24) is 9.88 Å². The number of hydrogen-bond donors (Lipinski definition) is 2. The number of nitrogens with one attached hydrogen (secondary N) is 1. The Balaban J connectivity index is 0.00000408. The molecule has 0 amide bonds. The minimum Gasteiger partial charge on any atom is -0.507 e. The summed E-state index contributed by atoms with van der Waals surface area (Å²) in [6.45, 7) is 15.4. The number of amidine groups is 1. The number of rotatable bonds is 7. The fraction of sp³-hybridized carbons (Fsp3) is 0.593. The first-order valence-corrected chi connectivity index (χ1v) is 12.8.